The van der Waals surface area contributed by atoms with Gasteiger partial charge in [-0.05, 0) is 187 Å². The Morgan fingerprint density at radius 3 is 1.87 bits per heavy atom. The number of carbonyl (C=O) groups excluding carboxylic acids is 5. The third kappa shape index (κ3) is 6.70. The molecule has 5 atom stereocenters. The van der Waals surface area contributed by atoms with Crippen LogP contribution in [0.25, 0.3) is 28.0 Å². The molecule has 3 aliphatic carbocycles. The Kier molecular flexibility index (Phi) is 10.3. The van der Waals surface area contributed by atoms with Gasteiger partial charge in [0.1, 0.15) is 0 Å². The summed E-state index contributed by atoms with van der Waals surface area (Å²) in [5.74, 6) is -2.24. The fourth-order valence-electron chi connectivity index (χ4n) is 13.0. The minimum absolute atomic E-state index is 0.0946. The number of benzene rings is 4. The van der Waals surface area contributed by atoms with Gasteiger partial charge in [0, 0.05) is 39.8 Å². The van der Waals surface area contributed by atoms with Crippen LogP contribution >= 0.6 is 0 Å². The van der Waals surface area contributed by atoms with E-state index in [-0.39, 0.29) is 50.9 Å². The second-order valence-corrected chi connectivity index (χ2v) is 22.4. The highest BCUT2D eigenvalue weighted by Gasteiger charge is 2.49. The summed E-state index contributed by atoms with van der Waals surface area (Å²) < 4.78 is 0. The van der Waals surface area contributed by atoms with Crippen molar-refractivity contribution in [1.29, 1.82) is 0 Å². The van der Waals surface area contributed by atoms with E-state index in [1.54, 1.807) is 24.0 Å². The van der Waals surface area contributed by atoms with E-state index in [0.717, 1.165) is 42.0 Å². The Bertz CT molecular complexity index is 3090. The summed E-state index contributed by atoms with van der Waals surface area (Å²) >= 11 is 0. The number of carbonyl (C=O) groups is 5. The molecule has 4 aromatic carbocycles. The van der Waals surface area contributed by atoms with Gasteiger partial charge < -0.3 is 10.4 Å². The first-order chi connectivity index (χ1) is 31.5. The average molecular weight is 903 g/mol. The second-order valence-electron chi connectivity index (χ2n) is 22.4. The largest absolute Gasteiger partial charge is 0.313 e. The Balaban J connectivity index is 1.09. The molecular weight excluding hydrogens is 841 g/mol. The Morgan fingerprint density at radius 1 is 0.672 bits per heavy atom. The fraction of sp³-hybridized carbons (Fsp3) is 0.446. The number of piperidine rings is 2. The molecule has 9 bridgehead atoms. The maximum Gasteiger partial charge on any atom is 0.262 e. The topological polar surface area (TPSA) is 139 Å². The van der Waals surface area contributed by atoms with Crippen LogP contribution < -0.4 is 10.4 Å². The molecule has 0 saturated carbocycles. The number of fused-ring (bicyclic) bond motifs is 6. The summed E-state index contributed by atoms with van der Waals surface area (Å²) in [6, 6.07) is 14.9. The van der Waals surface area contributed by atoms with Crippen molar-refractivity contribution in [2.75, 3.05) is 0 Å². The van der Waals surface area contributed by atoms with Crippen LogP contribution in [0.2, 0.25) is 0 Å². The second kappa shape index (κ2) is 15.2. The van der Waals surface area contributed by atoms with Crippen molar-refractivity contribution in [2.45, 2.75) is 161 Å². The van der Waals surface area contributed by atoms with Gasteiger partial charge in [0.05, 0.1) is 28.3 Å². The number of amides is 4. The number of nitrogens with zero attached hydrogens (tertiary/aromatic N) is 4. The van der Waals surface area contributed by atoms with Gasteiger partial charge >= 0.3 is 0 Å². The van der Waals surface area contributed by atoms with Crippen molar-refractivity contribution < 1.29 is 34.4 Å². The summed E-state index contributed by atoms with van der Waals surface area (Å²) in [6.07, 6.45) is 10.1. The SMILES string of the molecule is Cc1c(/C=C\C(C)N2C(=O)c3ccc(C(=O)c4ccc5c(c4)C(=O)N(C(C)C)C5=O)cc3C2=O)/c2c3cc4ccc3/c1=C1/CC(C)N(O)C(C)(CCC4(C)CCC3(C)C\C=2CC(C)(C)N3O)C1. The molecule has 0 spiro atoms. The molecule has 67 heavy (non-hydrogen) atoms. The lowest BCUT2D eigenvalue weighted by Gasteiger charge is -2.52. The zero-order valence-corrected chi connectivity index (χ0v) is 40.5. The molecule has 2 fully saturated rings. The lowest BCUT2D eigenvalue weighted by Crippen LogP contribution is -2.59. The molecule has 4 amide bonds. The van der Waals surface area contributed by atoms with Crippen LogP contribution in [-0.2, 0) is 5.41 Å². The molecule has 4 heterocycles. The molecule has 2 saturated heterocycles. The fourth-order valence-corrected chi connectivity index (χ4v) is 13.0. The predicted octanol–water partition coefficient (Wildman–Crippen LogP) is 8.88. The summed E-state index contributed by atoms with van der Waals surface area (Å²) in [5.41, 5.74) is 5.24. The van der Waals surface area contributed by atoms with Gasteiger partial charge in [0.15, 0.2) is 5.78 Å². The van der Waals surface area contributed by atoms with Crippen molar-refractivity contribution >= 4 is 57.4 Å². The van der Waals surface area contributed by atoms with E-state index in [9.17, 15) is 34.4 Å². The first kappa shape index (κ1) is 45.2. The maximum atomic E-state index is 14.4. The van der Waals surface area contributed by atoms with Crippen LogP contribution in [0.1, 0.15) is 188 Å². The van der Waals surface area contributed by atoms with E-state index in [2.05, 4.69) is 72.7 Å². The molecule has 4 aliphatic heterocycles. The lowest BCUT2D eigenvalue weighted by molar-refractivity contribution is -0.237. The van der Waals surface area contributed by atoms with Gasteiger partial charge in [-0.15, -0.1) is 0 Å². The Labute approximate surface area is 392 Å². The van der Waals surface area contributed by atoms with Gasteiger partial charge in [-0.1, -0.05) is 54.5 Å². The molecule has 7 aliphatic rings. The van der Waals surface area contributed by atoms with E-state index >= 15 is 0 Å². The van der Waals surface area contributed by atoms with Gasteiger partial charge in [0.2, 0.25) is 0 Å². The summed E-state index contributed by atoms with van der Waals surface area (Å²) in [6.45, 7) is 20.6. The van der Waals surface area contributed by atoms with Crippen LogP contribution in [0.5, 0.6) is 0 Å². The first-order valence-electron chi connectivity index (χ1n) is 24.0. The van der Waals surface area contributed by atoms with Crippen molar-refractivity contribution in [3.8, 4) is 0 Å². The molecule has 2 N–H and O–H groups in total. The number of hydrogen-bond donors (Lipinski definition) is 2. The monoisotopic (exact) mass is 902 g/mol. The summed E-state index contributed by atoms with van der Waals surface area (Å²) in [4.78, 5) is 71.0. The normalized spacial score (nSPS) is 29.2. The number of hydrogen-bond acceptors (Lipinski definition) is 9. The maximum absolute atomic E-state index is 14.4. The summed E-state index contributed by atoms with van der Waals surface area (Å²) in [5, 5.41) is 31.7. The molecule has 11 heteroatoms. The van der Waals surface area contributed by atoms with E-state index < -0.39 is 52.1 Å². The van der Waals surface area contributed by atoms with Gasteiger partial charge in [-0.25, -0.2) is 0 Å². The number of rotatable bonds is 6. The average Bonchev–Trinajstić information content (AvgIpc) is 3.68. The minimum atomic E-state index is -0.669. The van der Waals surface area contributed by atoms with Gasteiger partial charge in [-0.3, -0.25) is 33.8 Å². The number of ketones is 1. The van der Waals surface area contributed by atoms with Crippen molar-refractivity contribution in [3.05, 3.63) is 121 Å². The van der Waals surface area contributed by atoms with Gasteiger partial charge in [-0.2, -0.15) is 10.1 Å². The van der Waals surface area contributed by atoms with E-state index in [0.29, 0.717) is 25.7 Å². The van der Waals surface area contributed by atoms with E-state index in [4.69, 9.17) is 0 Å². The Hall–Kier alpha value is -5.59. The lowest BCUT2D eigenvalue weighted by atomic mass is 9.66. The predicted molar refractivity (Wildman–Crippen MR) is 258 cm³/mol. The van der Waals surface area contributed by atoms with Crippen molar-refractivity contribution in [1.82, 2.24) is 19.9 Å². The highest BCUT2D eigenvalue weighted by molar-refractivity contribution is 6.24. The van der Waals surface area contributed by atoms with Crippen LogP contribution in [0, 0.1) is 6.92 Å². The third-order valence-electron chi connectivity index (χ3n) is 16.7. The molecule has 0 radical (unpaired) electrons. The van der Waals surface area contributed by atoms with Crippen LogP contribution in [0.4, 0.5) is 0 Å². The molecule has 348 valence electrons. The zero-order valence-electron chi connectivity index (χ0n) is 40.5. The molecule has 11 nitrogen and oxygen atoms in total. The molecule has 0 aromatic heterocycles. The number of imide groups is 2. The first-order valence-corrected chi connectivity index (χ1v) is 24.0. The van der Waals surface area contributed by atoms with E-state index in [1.807, 2.05) is 13.0 Å². The zero-order chi connectivity index (χ0) is 48.0. The number of hydroxylamine groups is 4. The summed E-state index contributed by atoms with van der Waals surface area (Å²) in [7, 11) is 0. The molecule has 11 rings (SSSR count). The third-order valence-corrected chi connectivity index (χ3v) is 16.7. The smallest absolute Gasteiger partial charge is 0.262 e. The van der Waals surface area contributed by atoms with Crippen LogP contribution in [-0.4, -0.2) is 94.5 Å². The van der Waals surface area contributed by atoms with Gasteiger partial charge in [0.25, 0.3) is 23.6 Å². The quantitative estimate of drug-likeness (QED) is 0.144. The minimum Gasteiger partial charge on any atom is -0.313 e. The van der Waals surface area contributed by atoms with Crippen LogP contribution in [0.15, 0.2) is 60.7 Å². The van der Waals surface area contributed by atoms with Crippen molar-refractivity contribution in [3.63, 3.8) is 0 Å². The molecular formula is C56H62N4O7. The highest BCUT2D eigenvalue weighted by atomic mass is 16.5. The Morgan fingerprint density at radius 2 is 1.24 bits per heavy atom. The standard InChI is InChI=1S/C56H62N4O7/c1-30(2)57-49(62)41-16-12-34(24-44(41)51(57)64)48(61)35-13-17-42-45(25-35)52(65)58(50(42)63)31(3)11-15-39-33(5)46-36-23-32(4)59(66)55(9,28-36)21-19-54(8)20-22-56(10)29-37(27-53(6,7)60(56)67)47(39)43-26-38(54)14-18-40(43)46/h11-18,24-26,30-32,66-67H,19-23,27-29H2,1-10H3/b15-11-,46-36-,47-37-. The highest BCUT2D eigenvalue weighted by Crippen LogP contribution is 2.49. The van der Waals surface area contributed by atoms with Crippen LogP contribution in [0.3, 0.4) is 0 Å². The molecule has 4 aromatic rings. The molecule has 5 unspecified atom stereocenters. The van der Waals surface area contributed by atoms with Crippen molar-refractivity contribution in [2.24, 2.45) is 0 Å². The van der Waals surface area contributed by atoms with E-state index in [1.165, 1.54) is 78.9 Å².